The van der Waals surface area contributed by atoms with Gasteiger partial charge in [-0.1, -0.05) is 0 Å². The van der Waals surface area contributed by atoms with Crippen LogP contribution in [0.15, 0.2) is 16.7 Å². The Kier molecular flexibility index (Phi) is 3.71. The molecule has 1 aliphatic rings. The van der Waals surface area contributed by atoms with Crippen LogP contribution in [0.3, 0.4) is 0 Å². The number of carbonyl (C=O) groups is 1. The van der Waals surface area contributed by atoms with Gasteiger partial charge in [-0.15, -0.1) is 0 Å². The van der Waals surface area contributed by atoms with Crippen molar-refractivity contribution in [3.05, 3.63) is 22.4 Å². The van der Waals surface area contributed by atoms with E-state index in [0.717, 1.165) is 12.8 Å². The number of nitrogens with zero attached hydrogens (tertiary/aromatic N) is 1. The minimum absolute atomic E-state index is 0.0135. The molecule has 0 radical (unpaired) electrons. The molecule has 2 rings (SSSR count). The van der Waals surface area contributed by atoms with Crippen molar-refractivity contribution in [2.24, 2.45) is 5.92 Å². The Bertz CT molecular complexity index is 435. The second-order valence-electron chi connectivity index (χ2n) is 3.95. The van der Waals surface area contributed by atoms with E-state index in [-0.39, 0.29) is 17.2 Å². The number of carbonyl (C=O) groups excluding carboxylic acids is 1. The number of hydrogen-bond acceptors (Lipinski definition) is 3. The number of rotatable bonds is 5. The van der Waals surface area contributed by atoms with Crippen molar-refractivity contribution in [3.63, 3.8) is 0 Å². The molecule has 0 saturated heterocycles. The van der Waals surface area contributed by atoms with E-state index in [9.17, 15) is 13.6 Å². The molecule has 0 N–H and O–H groups in total. The Morgan fingerprint density at radius 1 is 1.59 bits per heavy atom. The molecule has 17 heavy (non-hydrogen) atoms. The Morgan fingerprint density at radius 2 is 2.29 bits per heavy atom. The maximum atomic E-state index is 12.2. The van der Waals surface area contributed by atoms with Gasteiger partial charge in [-0.2, -0.15) is 8.78 Å². The summed E-state index contributed by atoms with van der Waals surface area (Å²) in [5, 5.41) is 0. The largest absolute Gasteiger partial charge is 0.432 e. The van der Waals surface area contributed by atoms with Crippen molar-refractivity contribution in [2.45, 2.75) is 25.9 Å². The number of hydrogen-bond donors (Lipinski definition) is 0. The molecule has 1 aliphatic carbocycles. The highest BCUT2D eigenvalue weighted by molar-refractivity contribution is 9.10. The van der Waals surface area contributed by atoms with Crippen LogP contribution in [0.5, 0.6) is 5.75 Å². The molecule has 3 nitrogen and oxygen atoms in total. The summed E-state index contributed by atoms with van der Waals surface area (Å²) in [5.74, 6) is -0.0250. The Hall–Kier alpha value is -1.04. The molecular weight excluding hydrogens is 296 g/mol. The fraction of sp³-hybridized carbons (Fsp3) is 0.455. The zero-order chi connectivity index (χ0) is 12.4. The number of aromatic nitrogens is 1. The SMILES string of the molecule is O=C(CC1CC1)c1ncc(Br)cc1OC(F)F. The van der Waals surface area contributed by atoms with Gasteiger partial charge in [0, 0.05) is 17.1 Å². The van der Waals surface area contributed by atoms with Gasteiger partial charge < -0.3 is 4.74 Å². The second kappa shape index (κ2) is 5.08. The third-order valence-electron chi connectivity index (χ3n) is 2.47. The van der Waals surface area contributed by atoms with Gasteiger partial charge in [0.25, 0.3) is 0 Å². The predicted molar refractivity (Wildman–Crippen MR) is 60.2 cm³/mol. The number of pyridine rings is 1. The molecule has 0 aliphatic heterocycles. The standard InChI is InChI=1S/C11H10BrF2NO2/c12-7-4-9(17-11(13)14)10(15-5-7)8(16)3-6-1-2-6/h4-6,11H,1-3H2. The number of alkyl halides is 2. The van der Waals surface area contributed by atoms with Crippen molar-refractivity contribution in [1.29, 1.82) is 0 Å². The number of halogens is 3. The van der Waals surface area contributed by atoms with Crippen molar-refractivity contribution in [1.82, 2.24) is 4.98 Å². The van der Waals surface area contributed by atoms with Crippen LogP contribution in [0.2, 0.25) is 0 Å². The third-order valence-corrected chi connectivity index (χ3v) is 2.90. The summed E-state index contributed by atoms with van der Waals surface area (Å²) >= 11 is 3.10. The van der Waals surface area contributed by atoms with Crippen molar-refractivity contribution in [3.8, 4) is 5.75 Å². The van der Waals surface area contributed by atoms with Crippen LogP contribution in [0.1, 0.15) is 29.8 Å². The lowest BCUT2D eigenvalue weighted by Gasteiger charge is -2.09. The Labute approximate surface area is 105 Å². The summed E-state index contributed by atoms with van der Waals surface area (Å²) in [7, 11) is 0. The fourth-order valence-electron chi connectivity index (χ4n) is 1.50. The quantitative estimate of drug-likeness (QED) is 0.782. The van der Waals surface area contributed by atoms with E-state index in [1.807, 2.05) is 0 Å². The number of ketones is 1. The van der Waals surface area contributed by atoms with Crippen LogP contribution in [-0.2, 0) is 0 Å². The lowest BCUT2D eigenvalue weighted by Crippen LogP contribution is -2.10. The van der Waals surface area contributed by atoms with Crippen LogP contribution < -0.4 is 4.74 Å². The van der Waals surface area contributed by atoms with E-state index >= 15 is 0 Å². The summed E-state index contributed by atoms with van der Waals surface area (Å²) in [6.07, 6.45) is 3.80. The van der Waals surface area contributed by atoms with Crippen LogP contribution >= 0.6 is 15.9 Å². The fourth-order valence-corrected chi connectivity index (χ4v) is 1.81. The van der Waals surface area contributed by atoms with Crippen LogP contribution in [0, 0.1) is 5.92 Å². The molecule has 0 unspecified atom stereocenters. The van der Waals surface area contributed by atoms with E-state index in [4.69, 9.17) is 0 Å². The molecule has 0 bridgehead atoms. The normalized spacial score (nSPS) is 15.1. The molecule has 1 aromatic heterocycles. The van der Waals surface area contributed by atoms with Crippen LogP contribution in [0.25, 0.3) is 0 Å². The summed E-state index contributed by atoms with van der Waals surface area (Å²) in [4.78, 5) is 15.7. The topological polar surface area (TPSA) is 39.2 Å². The highest BCUT2D eigenvalue weighted by Gasteiger charge is 2.27. The number of ether oxygens (including phenoxy) is 1. The van der Waals surface area contributed by atoms with Crippen LogP contribution in [-0.4, -0.2) is 17.4 Å². The summed E-state index contributed by atoms with van der Waals surface area (Å²) in [5.41, 5.74) is -0.0135. The molecular formula is C11H10BrF2NO2. The molecule has 0 amide bonds. The predicted octanol–water partition coefficient (Wildman–Crippen LogP) is 3.43. The molecule has 0 spiro atoms. The van der Waals surface area contributed by atoms with E-state index in [2.05, 4.69) is 25.7 Å². The molecule has 0 atom stereocenters. The molecule has 1 aromatic rings. The van der Waals surface area contributed by atoms with Gasteiger partial charge in [0.15, 0.2) is 11.5 Å². The molecule has 1 saturated carbocycles. The van der Waals surface area contributed by atoms with Crippen LogP contribution in [0.4, 0.5) is 8.78 Å². The first-order chi connectivity index (χ1) is 8.06. The van der Waals surface area contributed by atoms with Gasteiger partial charge in [0.2, 0.25) is 0 Å². The lowest BCUT2D eigenvalue weighted by atomic mass is 10.1. The molecule has 6 heteroatoms. The highest BCUT2D eigenvalue weighted by Crippen LogP contribution is 2.34. The average Bonchev–Trinajstić information content (AvgIpc) is 3.00. The minimum atomic E-state index is -2.96. The maximum Gasteiger partial charge on any atom is 0.387 e. The van der Waals surface area contributed by atoms with E-state index in [1.54, 1.807) is 0 Å². The number of Topliss-reactive ketones (excluding diaryl/α,β-unsaturated/α-hetero) is 1. The van der Waals surface area contributed by atoms with Gasteiger partial charge in [0.05, 0.1) is 0 Å². The van der Waals surface area contributed by atoms with Crippen molar-refractivity contribution in [2.75, 3.05) is 0 Å². The third kappa shape index (κ3) is 3.46. The zero-order valence-corrected chi connectivity index (χ0v) is 10.4. The molecule has 1 heterocycles. The van der Waals surface area contributed by atoms with Gasteiger partial charge >= 0.3 is 6.61 Å². The van der Waals surface area contributed by atoms with Gasteiger partial charge in [-0.3, -0.25) is 4.79 Å². The summed E-state index contributed by atoms with van der Waals surface area (Å²) < 4.78 is 29.2. The zero-order valence-electron chi connectivity index (χ0n) is 8.83. The first kappa shape index (κ1) is 12.4. The van der Waals surface area contributed by atoms with Gasteiger partial charge in [-0.25, -0.2) is 4.98 Å². The average molecular weight is 306 g/mol. The Balaban J connectivity index is 2.20. The van der Waals surface area contributed by atoms with Crippen molar-refractivity contribution < 1.29 is 18.3 Å². The summed E-state index contributed by atoms with van der Waals surface area (Å²) in [6.45, 7) is -2.96. The molecule has 1 fully saturated rings. The lowest BCUT2D eigenvalue weighted by molar-refractivity contribution is -0.0504. The van der Waals surface area contributed by atoms with E-state index in [0.29, 0.717) is 16.8 Å². The smallest absolute Gasteiger partial charge is 0.387 e. The van der Waals surface area contributed by atoms with E-state index < -0.39 is 6.61 Å². The monoisotopic (exact) mass is 305 g/mol. The second-order valence-corrected chi connectivity index (χ2v) is 4.87. The summed E-state index contributed by atoms with van der Waals surface area (Å²) in [6, 6.07) is 1.33. The highest BCUT2D eigenvalue weighted by atomic mass is 79.9. The van der Waals surface area contributed by atoms with Crippen molar-refractivity contribution >= 4 is 21.7 Å². The Morgan fingerprint density at radius 3 is 2.88 bits per heavy atom. The van der Waals surface area contributed by atoms with Gasteiger partial charge in [0.1, 0.15) is 5.69 Å². The van der Waals surface area contributed by atoms with Gasteiger partial charge in [-0.05, 0) is 40.8 Å². The van der Waals surface area contributed by atoms with E-state index in [1.165, 1.54) is 12.3 Å². The molecule has 0 aromatic carbocycles. The minimum Gasteiger partial charge on any atom is -0.432 e. The molecule has 92 valence electrons. The first-order valence-electron chi connectivity index (χ1n) is 5.20. The maximum absolute atomic E-state index is 12.2. The first-order valence-corrected chi connectivity index (χ1v) is 5.99.